The maximum Gasteiger partial charge on any atom is 0.394 e. The van der Waals surface area contributed by atoms with E-state index in [4.69, 9.17) is 16.7 Å². The van der Waals surface area contributed by atoms with Gasteiger partial charge in [-0.05, 0) is 31.4 Å². The van der Waals surface area contributed by atoms with Crippen molar-refractivity contribution in [1.82, 2.24) is 4.98 Å². The Morgan fingerprint density at radius 2 is 1.86 bits per heavy atom. The second-order valence-corrected chi connectivity index (χ2v) is 6.27. The minimum atomic E-state index is -4.31. The molecule has 3 aliphatic rings. The smallest absolute Gasteiger partial charge is 0.394 e. The molecule has 0 atom stereocenters. The maximum absolute atomic E-state index is 12.8. The number of carbonyl (C=O) groups is 2. The molecule has 3 saturated carbocycles. The summed E-state index contributed by atoms with van der Waals surface area (Å²) in [5, 5.41) is 11.3. The van der Waals surface area contributed by atoms with Crippen molar-refractivity contribution in [2.24, 2.45) is 10.8 Å². The largest absolute Gasteiger partial charge is 0.478 e. The summed E-state index contributed by atoms with van der Waals surface area (Å²) < 4.78 is 38.3. The van der Waals surface area contributed by atoms with Crippen molar-refractivity contribution in [2.45, 2.75) is 25.4 Å². The van der Waals surface area contributed by atoms with Crippen LogP contribution in [0.2, 0.25) is 5.15 Å². The molecule has 4 rings (SSSR count). The molecular formula is C13H10ClF3N2O3. The van der Waals surface area contributed by atoms with E-state index in [1.165, 1.54) is 12.1 Å². The second kappa shape index (κ2) is 4.34. The topological polar surface area (TPSA) is 79.3 Å². The molecule has 1 heterocycles. The Morgan fingerprint density at radius 1 is 1.27 bits per heavy atom. The number of nitrogens with zero attached hydrogens (tertiary/aromatic N) is 1. The number of alkyl halides is 3. The third kappa shape index (κ3) is 1.97. The van der Waals surface area contributed by atoms with Gasteiger partial charge < -0.3 is 10.4 Å². The number of anilines is 1. The highest BCUT2D eigenvalue weighted by atomic mass is 35.5. The summed E-state index contributed by atoms with van der Waals surface area (Å²) in [6, 6.07) is 2.42. The molecule has 0 aromatic carbocycles. The Kier molecular flexibility index (Phi) is 2.98. The first-order valence-electron chi connectivity index (χ1n) is 6.37. The first-order valence-corrected chi connectivity index (χ1v) is 6.74. The molecule has 9 heteroatoms. The van der Waals surface area contributed by atoms with E-state index >= 15 is 0 Å². The third-order valence-corrected chi connectivity index (χ3v) is 4.65. The number of rotatable bonds is 3. The van der Waals surface area contributed by atoms with Gasteiger partial charge in [-0.1, -0.05) is 11.6 Å². The van der Waals surface area contributed by atoms with Gasteiger partial charge in [0.05, 0.1) is 10.8 Å². The number of aromatic carboxylic acids is 1. The highest BCUT2D eigenvalue weighted by Crippen LogP contribution is 2.78. The zero-order chi connectivity index (χ0) is 16.3. The molecule has 2 N–H and O–H groups in total. The number of halogens is 4. The minimum Gasteiger partial charge on any atom is -0.478 e. The van der Waals surface area contributed by atoms with Gasteiger partial charge in [-0.3, -0.25) is 4.79 Å². The van der Waals surface area contributed by atoms with Crippen molar-refractivity contribution in [3.05, 3.63) is 22.8 Å². The first-order chi connectivity index (χ1) is 10.1. The predicted molar refractivity (Wildman–Crippen MR) is 69.6 cm³/mol. The molecule has 0 unspecified atom stereocenters. The number of carboxylic acid groups (broad SMARTS) is 1. The fraction of sp³-hybridized carbons (Fsp3) is 0.462. The van der Waals surface area contributed by atoms with Gasteiger partial charge in [0.25, 0.3) is 0 Å². The van der Waals surface area contributed by atoms with Gasteiger partial charge in [0.2, 0.25) is 5.91 Å². The Balaban J connectivity index is 1.76. The number of amides is 1. The standard InChI is InChI=1S/C13H10ClF3N2O3/c14-7-2-1-6(9(20)21)8(18-7)19-10(22)11-3-12(4-11,5-11)13(15,16)17/h1-2H,3-5H2,(H,20,21)(H,18,19,22). The van der Waals surface area contributed by atoms with Crippen LogP contribution in [0.15, 0.2) is 12.1 Å². The van der Waals surface area contributed by atoms with Crippen LogP contribution < -0.4 is 5.32 Å². The van der Waals surface area contributed by atoms with Crippen LogP contribution in [0.3, 0.4) is 0 Å². The minimum absolute atomic E-state index is 0.0235. The molecule has 22 heavy (non-hydrogen) atoms. The molecule has 3 fully saturated rings. The van der Waals surface area contributed by atoms with Crippen molar-refractivity contribution in [1.29, 1.82) is 0 Å². The summed E-state index contributed by atoms with van der Waals surface area (Å²) in [5.41, 5.74) is -3.09. The lowest BCUT2D eigenvalue weighted by molar-refractivity contribution is -0.349. The zero-order valence-electron chi connectivity index (χ0n) is 11.0. The van der Waals surface area contributed by atoms with Crippen molar-refractivity contribution < 1.29 is 27.9 Å². The Morgan fingerprint density at radius 3 is 2.36 bits per heavy atom. The summed E-state index contributed by atoms with van der Waals surface area (Å²) >= 11 is 5.65. The Hall–Kier alpha value is -1.83. The zero-order valence-corrected chi connectivity index (χ0v) is 11.8. The molecule has 5 nitrogen and oxygen atoms in total. The molecule has 0 aliphatic heterocycles. The summed E-state index contributed by atoms with van der Waals surface area (Å²) in [7, 11) is 0. The molecule has 3 aliphatic carbocycles. The number of pyridine rings is 1. The number of hydrogen-bond donors (Lipinski definition) is 2. The summed E-state index contributed by atoms with van der Waals surface area (Å²) in [6.07, 6.45) is -5.11. The molecule has 0 spiro atoms. The lowest BCUT2D eigenvalue weighted by atomic mass is 9.34. The van der Waals surface area contributed by atoms with Gasteiger partial charge in [-0.2, -0.15) is 13.2 Å². The van der Waals surface area contributed by atoms with Gasteiger partial charge in [0, 0.05) is 0 Å². The van der Waals surface area contributed by atoms with Crippen LogP contribution in [0.1, 0.15) is 29.6 Å². The number of carbonyl (C=O) groups excluding carboxylic acids is 1. The van der Waals surface area contributed by atoms with Gasteiger partial charge in [-0.25, -0.2) is 9.78 Å². The van der Waals surface area contributed by atoms with Gasteiger partial charge in [0.15, 0.2) is 0 Å². The molecule has 1 amide bonds. The van der Waals surface area contributed by atoms with Crippen LogP contribution in [-0.4, -0.2) is 28.1 Å². The van der Waals surface area contributed by atoms with Crippen LogP contribution in [0.4, 0.5) is 19.0 Å². The van der Waals surface area contributed by atoms with Crippen molar-refractivity contribution >= 4 is 29.3 Å². The third-order valence-electron chi connectivity index (χ3n) is 4.44. The van der Waals surface area contributed by atoms with Crippen molar-refractivity contribution in [3.63, 3.8) is 0 Å². The maximum atomic E-state index is 12.8. The van der Waals surface area contributed by atoms with E-state index < -0.39 is 28.9 Å². The number of nitrogens with one attached hydrogen (secondary N) is 1. The molecule has 118 valence electrons. The summed E-state index contributed by atoms with van der Waals surface area (Å²) in [5.74, 6) is -2.21. The average Bonchev–Trinajstić information content (AvgIpc) is 2.22. The number of hydrogen-bond acceptors (Lipinski definition) is 3. The second-order valence-electron chi connectivity index (χ2n) is 5.88. The van der Waals surface area contributed by atoms with Gasteiger partial charge in [-0.15, -0.1) is 0 Å². The monoisotopic (exact) mass is 334 g/mol. The Labute approximate surface area is 127 Å². The van der Waals surface area contributed by atoms with E-state index in [9.17, 15) is 22.8 Å². The molecule has 1 aromatic rings. The summed E-state index contributed by atoms with van der Waals surface area (Å²) in [4.78, 5) is 26.9. The van der Waals surface area contributed by atoms with Crippen LogP contribution in [0.5, 0.6) is 0 Å². The van der Waals surface area contributed by atoms with Crippen LogP contribution >= 0.6 is 11.6 Å². The van der Waals surface area contributed by atoms with Crippen LogP contribution in [0, 0.1) is 10.8 Å². The highest BCUT2D eigenvalue weighted by Gasteiger charge is 2.80. The molecule has 0 radical (unpaired) electrons. The first kappa shape index (κ1) is 15.1. The molecular weight excluding hydrogens is 325 g/mol. The average molecular weight is 335 g/mol. The lowest BCUT2D eigenvalue weighted by Crippen LogP contribution is -2.71. The normalized spacial score (nSPS) is 29.3. The van der Waals surface area contributed by atoms with E-state index in [1.54, 1.807) is 0 Å². The van der Waals surface area contributed by atoms with Crippen LogP contribution in [-0.2, 0) is 4.79 Å². The fourth-order valence-corrected chi connectivity index (χ4v) is 3.42. The SMILES string of the molecule is O=C(O)c1ccc(Cl)nc1NC(=O)C12CC(C(F)(F)F)(C1)C2. The van der Waals surface area contributed by atoms with E-state index in [0.29, 0.717) is 0 Å². The van der Waals surface area contributed by atoms with E-state index in [2.05, 4.69) is 10.3 Å². The van der Waals surface area contributed by atoms with E-state index in [0.717, 1.165) is 0 Å². The summed E-state index contributed by atoms with van der Waals surface area (Å²) in [6.45, 7) is 0. The van der Waals surface area contributed by atoms with Gasteiger partial charge in [0.1, 0.15) is 16.5 Å². The molecule has 1 aromatic heterocycles. The van der Waals surface area contributed by atoms with Crippen molar-refractivity contribution in [3.8, 4) is 0 Å². The lowest BCUT2D eigenvalue weighted by Gasteiger charge is -2.68. The Bertz CT molecular complexity index is 670. The number of aromatic nitrogens is 1. The number of carboxylic acids is 1. The van der Waals surface area contributed by atoms with Gasteiger partial charge >= 0.3 is 12.1 Å². The quantitative estimate of drug-likeness (QED) is 0.832. The van der Waals surface area contributed by atoms with Crippen molar-refractivity contribution in [2.75, 3.05) is 5.32 Å². The fourth-order valence-electron chi connectivity index (χ4n) is 3.27. The highest BCUT2D eigenvalue weighted by molar-refractivity contribution is 6.29. The molecule has 2 bridgehead atoms. The predicted octanol–water partition coefficient (Wildman–Crippen LogP) is 3.10. The van der Waals surface area contributed by atoms with E-state index in [-0.39, 0.29) is 35.8 Å². The van der Waals surface area contributed by atoms with E-state index in [1.807, 2.05) is 0 Å². The molecule has 0 saturated heterocycles. The van der Waals surface area contributed by atoms with Crippen LogP contribution in [0.25, 0.3) is 0 Å².